The van der Waals surface area contributed by atoms with E-state index in [-0.39, 0.29) is 28.0 Å². The highest BCUT2D eigenvalue weighted by Crippen LogP contribution is 2.31. The Bertz CT molecular complexity index is 819. The van der Waals surface area contributed by atoms with Gasteiger partial charge in [0.15, 0.2) is 0 Å². The number of nitrogens with two attached hydrogens (primary N) is 1. The highest BCUT2D eigenvalue weighted by Gasteiger charge is 2.29. The Labute approximate surface area is 147 Å². The number of nitrogen functional groups attached to an aromatic ring is 1. The number of oxime groups is 1. The zero-order valence-corrected chi connectivity index (χ0v) is 13.7. The number of anilines is 2. The minimum atomic E-state index is -0.821. The maximum absolute atomic E-state index is 13.3. The summed E-state index contributed by atoms with van der Waals surface area (Å²) in [6.07, 6.45) is -0.593. The molecule has 0 spiro atoms. The Kier molecular flexibility index (Phi) is 4.59. The van der Waals surface area contributed by atoms with Gasteiger partial charge in [-0.1, -0.05) is 40.5 Å². The number of carbonyl (C=O) groups excluding carboxylic acids is 1. The van der Waals surface area contributed by atoms with E-state index in [1.54, 1.807) is 12.1 Å². The maximum atomic E-state index is 13.3. The molecule has 0 radical (unpaired) electrons. The number of halogens is 3. The molecule has 1 aliphatic heterocycles. The van der Waals surface area contributed by atoms with E-state index >= 15 is 0 Å². The number of hydrogen-bond acceptors (Lipinski definition) is 4. The molecule has 2 aromatic carbocycles. The van der Waals surface area contributed by atoms with Crippen molar-refractivity contribution >= 4 is 46.2 Å². The first-order chi connectivity index (χ1) is 11.4. The van der Waals surface area contributed by atoms with Crippen molar-refractivity contribution in [1.29, 1.82) is 0 Å². The van der Waals surface area contributed by atoms with Crippen molar-refractivity contribution in [3.8, 4) is 0 Å². The summed E-state index contributed by atoms with van der Waals surface area (Å²) in [5.74, 6) is -0.795. The Morgan fingerprint density at radius 3 is 2.67 bits per heavy atom. The molecule has 0 aliphatic carbocycles. The van der Waals surface area contributed by atoms with Crippen molar-refractivity contribution < 1.29 is 14.0 Å². The van der Waals surface area contributed by atoms with Gasteiger partial charge in [0.2, 0.25) is 6.10 Å². The molecule has 1 unspecified atom stereocenters. The predicted octanol–water partition coefficient (Wildman–Crippen LogP) is 3.85. The largest absolute Gasteiger partial charge is 0.396 e. The topological polar surface area (TPSA) is 76.7 Å². The van der Waals surface area contributed by atoms with Crippen molar-refractivity contribution in [2.75, 3.05) is 11.1 Å². The summed E-state index contributed by atoms with van der Waals surface area (Å²) in [4.78, 5) is 17.4. The van der Waals surface area contributed by atoms with Crippen LogP contribution in [0.15, 0.2) is 41.6 Å². The summed E-state index contributed by atoms with van der Waals surface area (Å²) in [6, 6.07) is 8.92. The molecule has 8 heteroatoms. The molecule has 1 aliphatic rings. The summed E-state index contributed by atoms with van der Waals surface area (Å²) in [6.45, 7) is 0. The lowest BCUT2D eigenvalue weighted by Crippen LogP contribution is -2.28. The van der Waals surface area contributed by atoms with E-state index < -0.39 is 12.0 Å². The number of amides is 1. The lowest BCUT2D eigenvalue weighted by atomic mass is 10.0. The first-order valence-electron chi connectivity index (χ1n) is 6.98. The van der Waals surface area contributed by atoms with Gasteiger partial charge < -0.3 is 15.9 Å². The van der Waals surface area contributed by atoms with E-state index in [4.69, 9.17) is 33.8 Å². The second-order valence-electron chi connectivity index (χ2n) is 5.19. The lowest BCUT2D eigenvalue weighted by molar-refractivity contribution is -0.125. The third kappa shape index (κ3) is 3.44. The van der Waals surface area contributed by atoms with Crippen LogP contribution in [0.4, 0.5) is 15.8 Å². The zero-order chi connectivity index (χ0) is 17.3. The fraction of sp³-hybridized carbons (Fsp3) is 0.125. The Morgan fingerprint density at radius 1 is 1.29 bits per heavy atom. The van der Waals surface area contributed by atoms with Gasteiger partial charge in [-0.05, 0) is 24.3 Å². The van der Waals surface area contributed by atoms with Crippen molar-refractivity contribution in [3.63, 3.8) is 0 Å². The van der Waals surface area contributed by atoms with Gasteiger partial charge in [-0.25, -0.2) is 4.39 Å². The van der Waals surface area contributed by atoms with E-state index in [0.29, 0.717) is 17.0 Å². The minimum absolute atomic E-state index is 0.228. The van der Waals surface area contributed by atoms with Gasteiger partial charge in [0.1, 0.15) is 5.82 Å². The number of carbonyl (C=O) groups is 1. The SMILES string of the molecule is Nc1c(Cl)cc(NC(=O)C2CC(c3cccc(F)c3)=NO2)cc1Cl. The van der Waals surface area contributed by atoms with Gasteiger partial charge in [-0.15, -0.1) is 0 Å². The molecule has 0 bridgehead atoms. The molecule has 24 heavy (non-hydrogen) atoms. The van der Waals surface area contributed by atoms with Gasteiger partial charge in [-0.2, -0.15) is 0 Å². The van der Waals surface area contributed by atoms with Gasteiger partial charge in [0.25, 0.3) is 5.91 Å². The van der Waals surface area contributed by atoms with Crippen LogP contribution in [0.2, 0.25) is 10.0 Å². The first kappa shape index (κ1) is 16.5. The van der Waals surface area contributed by atoms with Crippen LogP contribution in [0.25, 0.3) is 0 Å². The molecule has 1 atom stereocenters. The normalized spacial score (nSPS) is 16.5. The minimum Gasteiger partial charge on any atom is -0.396 e. The van der Waals surface area contributed by atoms with Crippen molar-refractivity contribution in [2.24, 2.45) is 5.16 Å². The van der Waals surface area contributed by atoms with Gasteiger partial charge in [0, 0.05) is 17.7 Å². The highest BCUT2D eigenvalue weighted by molar-refractivity contribution is 6.39. The number of benzene rings is 2. The highest BCUT2D eigenvalue weighted by atomic mass is 35.5. The molecule has 5 nitrogen and oxygen atoms in total. The van der Waals surface area contributed by atoms with E-state index in [2.05, 4.69) is 10.5 Å². The molecule has 1 heterocycles. The summed E-state index contributed by atoms with van der Waals surface area (Å²) >= 11 is 11.9. The van der Waals surface area contributed by atoms with Crippen LogP contribution in [0.5, 0.6) is 0 Å². The van der Waals surface area contributed by atoms with Crippen LogP contribution in [0.1, 0.15) is 12.0 Å². The second-order valence-corrected chi connectivity index (χ2v) is 6.00. The maximum Gasteiger partial charge on any atom is 0.268 e. The summed E-state index contributed by atoms with van der Waals surface area (Å²) in [5, 5.41) is 6.97. The van der Waals surface area contributed by atoms with Crippen LogP contribution in [0.3, 0.4) is 0 Å². The number of nitrogens with one attached hydrogen (secondary N) is 1. The Balaban J connectivity index is 1.68. The third-order valence-corrected chi connectivity index (χ3v) is 4.09. The molecule has 124 valence electrons. The van der Waals surface area contributed by atoms with Crippen LogP contribution in [0, 0.1) is 5.82 Å². The summed E-state index contributed by atoms with van der Waals surface area (Å²) in [5.41, 5.74) is 7.36. The average molecular weight is 368 g/mol. The quantitative estimate of drug-likeness (QED) is 0.808. The van der Waals surface area contributed by atoms with Crippen LogP contribution < -0.4 is 11.1 Å². The van der Waals surface area contributed by atoms with Crippen LogP contribution in [-0.2, 0) is 9.63 Å². The number of hydrogen-bond donors (Lipinski definition) is 2. The first-order valence-corrected chi connectivity index (χ1v) is 7.73. The van der Waals surface area contributed by atoms with E-state index in [9.17, 15) is 9.18 Å². The van der Waals surface area contributed by atoms with Crippen LogP contribution >= 0.6 is 23.2 Å². The van der Waals surface area contributed by atoms with Crippen LogP contribution in [-0.4, -0.2) is 17.7 Å². The second kappa shape index (κ2) is 6.67. The van der Waals surface area contributed by atoms with E-state index in [1.165, 1.54) is 24.3 Å². The molecular weight excluding hydrogens is 356 g/mol. The Hall–Kier alpha value is -2.31. The lowest BCUT2D eigenvalue weighted by Gasteiger charge is -2.11. The monoisotopic (exact) mass is 367 g/mol. The third-order valence-electron chi connectivity index (χ3n) is 3.47. The zero-order valence-electron chi connectivity index (χ0n) is 12.2. The summed E-state index contributed by atoms with van der Waals surface area (Å²) in [7, 11) is 0. The smallest absolute Gasteiger partial charge is 0.268 e. The molecule has 2 aromatic rings. The van der Waals surface area contributed by atoms with E-state index in [1.807, 2.05) is 0 Å². The fourth-order valence-electron chi connectivity index (χ4n) is 2.24. The van der Waals surface area contributed by atoms with Crippen molar-refractivity contribution in [2.45, 2.75) is 12.5 Å². The fourth-order valence-corrected chi connectivity index (χ4v) is 2.72. The molecular formula is C16H12Cl2FN3O2. The van der Waals surface area contributed by atoms with Gasteiger partial charge in [0.05, 0.1) is 21.4 Å². The number of nitrogens with zero attached hydrogens (tertiary/aromatic N) is 1. The van der Waals surface area contributed by atoms with E-state index in [0.717, 1.165) is 0 Å². The number of rotatable bonds is 3. The molecule has 0 saturated heterocycles. The molecule has 1 amide bonds. The van der Waals surface area contributed by atoms with Gasteiger partial charge in [-0.3, -0.25) is 4.79 Å². The standard InChI is InChI=1S/C16H12Cl2FN3O2/c17-11-5-10(6-12(18)15(11)20)21-16(23)14-7-13(22-24-14)8-2-1-3-9(19)4-8/h1-6,14H,7,20H2,(H,21,23). The average Bonchev–Trinajstić information content (AvgIpc) is 3.02. The summed E-state index contributed by atoms with van der Waals surface area (Å²) < 4.78 is 13.3. The molecule has 0 fully saturated rings. The van der Waals surface area contributed by atoms with Crippen molar-refractivity contribution in [1.82, 2.24) is 0 Å². The molecule has 3 N–H and O–H groups in total. The van der Waals surface area contributed by atoms with Gasteiger partial charge >= 0.3 is 0 Å². The molecule has 3 rings (SSSR count). The van der Waals surface area contributed by atoms with Crippen molar-refractivity contribution in [3.05, 3.63) is 57.8 Å². The molecule has 0 saturated carbocycles. The predicted molar refractivity (Wildman–Crippen MR) is 91.9 cm³/mol. The Morgan fingerprint density at radius 2 is 2.00 bits per heavy atom. The molecule has 0 aromatic heterocycles.